The van der Waals surface area contributed by atoms with Gasteiger partial charge >= 0.3 is 5.69 Å². The van der Waals surface area contributed by atoms with Gasteiger partial charge in [0.2, 0.25) is 5.95 Å². The third-order valence-electron chi connectivity index (χ3n) is 5.61. The van der Waals surface area contributed by atoms with Crippen LogP contribution in [0.5, 0.6) is 0 Å². The van der Waals surface area contributed by atoms with Gasteiger partial charge in [0.1, 0.15) is 0 Å². The maximum absolute atomic E-state index is 13.4. The molecule has 0 spiro atoms. The number of hydrogen-bond acceptors (Lipinski definition) is 4. The fraction of sp³-hybridized carbons (Fsp3) is 0.227. The molecule has 1 aliphatic rings. The van der Waals surface area contributed by atoms with E-state index in [-0.39, 0.29) is 12.1 Å². The number of para-hydroxylation sites is 1. The van der Waals surface area contributed by atoms with Crippen LogP contribution in [0.1, 0.15) is 12.0 Å². The van der Waals surface area contributed by atoms with Crippen LogP contribution >= 0.6 is 23.2 Å². The third-order valence-corrected chi connectivity index (χ3v) is 6.35. The van der Waals surface area contributed by atoms with Gasteiger partial charge in [-0.05, 0) is 36.2 Å². The first-order valence-corrected chi connectivity index (χ1v) is 10.7. The minimum Gasteiger partial charge on any atom is -0.312 e. The summed E-state index contributed by atoms with van der Waals surface area (Å²) < 4.78 is 4.57. The largest absolute Gasteiger partial charge is 0.332 e. The highest BCUT2D eigenvalue weighted by atomic mass is 35.5. The Bertz CT molecular complexity index is 1420. The molecule has 9 heteroatoms. The summed E-state index contributed by atoms with van der Waals surface area (Å²) in [7, 11) is 1.64. The number of rotatable bonds is 3. The van der Waals surface area contributed by atoms with E-state index in [2.05, 4.69) is 4.90 Å². The Morgan fingerprint density at radius 2 is 1.77 bits per heavy atom. The van der Waals surface area contributed by atoms with Gasteiger partial charge in [0, 0.05) is 25.8 Å². The molecule has 0 bridgehead atoms. The molecule has 7 nitrogen and oxygen atoms in total. The zero-order chi connectivity index (χ0) is 21.7. The van der Waals surface area contributed by atoms with Crippen LogP contribution in [0.2, 0.25) is 10.0 Å². The first kappa shape index (κ1) is 19.9. The minimum absolute atomic E-state index is 0.0985. The van der Waals surface area contributed by atoms with Crippen molar-refractivity contribution in [3.8, 4) is 0 Å². The predicted octanol–water partition coefficient (Wildman–Crippen LogP) is 3.79. The van der Waals surface area contributed by atoms with Crippen molar-refractivity contribution in [2.24, 2.45) is 7.05 Å². The number of hydrogen-bond donors (Lipinski definition) is 0. The molecule has 0 N–H and O–H groups in total. The maximum Gasteiger partial charge on any atom is 0.332 e. The highest BCUT2D eigenvalue weighted by molar-refractivity contribution is 6.42. The SMILES string of the molecule is Cn1c(=O)n(Cc2ccc(Cl)c(Cl)c2)c(=O)c2c1nc1n2CCCN1c1ccccc1. The molecular formula is C22H19Cl2N5O2. The molecule has 1 aliphatic heterocycles. The van der Waals surface area contributed by atoms with Crippen molar-refractivity contribution in [1.29, 1.82) is 0 Å². The number of halogens is 2. The van der Waals surface area contributed by atoms with Crippen LogP contribution in [0.15, 0.2) is 58.1 Å². The lowest BCUT2D eigenvalue weighted by molar-refractivity contribution is 0.597. The van der Waals surface area contributed by atoms with E-state index in [0.717, 1.165) is 24.2 Å². The van der Waals surface area contributed by atoms with Crippen LogP contribution in [0.3, 0.4) is 0 Å². The molecule has 3 heterocycles. The molecule has 0 atom stereocenters. The van der Waals surface area contributed by atoms with Crippen molar-refractivity contribution in [1.82, 2.24) is 18.7 Å². The zero-order valence-electron chi connectivity index (χ0n) is 16.8. The van der Waals surface area contributed by atoms with Crippen molar-refractivity contribution < 1.29 is 0 Å². The molecule has 5 rings (SSSR count). The monoisotopic (exact) mass is 455 g/mol. The average molecular weight is 456 g/mol. The van der Waals surface area contributed by atoms with Gasteiger partial charge in [-0.15, -0.1) is 0 Å². The molecular weight excluding hydrogens is 437 g/mol. The number of aryl methyl sites for hydroxylation is 2. The van der Waals surface area contributed by atoms with Gasteiger partial charge in [-0.25, -0.2) is 4.79 Å². The molecule has 0 aliphatic carbocycles. The molecule has 0 radical (unpaired) electrons. The summed E-state index contributed by atoms with van der Waals surface area (Å²) in [5.41, 5.74) is 1.75. The molecule has 0 unspecified atom stereocenters. The van der Waals surface area contributed by atoms with Gasteiger partial charge in [0.25, 0.3) is 5.56 Å². The quantitative estimate of drug-likeness (QED) is 0.471. The van der Waals surface area contributed by atoms with Crippen LogP contribution in [0, 0.1) is 0 Å². The molecule has 2 aromatic carbocycles. The van der Waals surface area contributed by atoms with Gasteiger partial charge in [-0.1, -0.05) is 47.5 Å². The number of benzene rings is 2. The predicted molar refractivity (Wildman–Crippen MR) is 123 cm³/mol. The first-order valence-electron chi connectivity index (χ1n) is 9.92. The maximum atomic E-state index is 13.4. The topological polar surface area (TPSA) is 65.1 Å². The van der Waals surface area contributed by atoms with Gasteiger partial charge in [-0.2, -0.15) is 4.98 Å². The Morgan fingerprint density at radius 1 is 1.00 bits per heavy atom. The highest BCUT2D eigenvalue weighted by Gasteiger charge is 2.26. The van der Waals surface area contributed by atoms with Crippen LogP contribution in [0.25, 0.3) is 11.2 Å². The fourth-order valence-corrected chi connectivity index (χ4v) is 4.40. The number of nitrogens with zero attached hydrogens (tertiary/aromatic N) is 5. The fourth-order valence-electron chi connectivity index (χ4n) is 4.08. The molecule has 31 heavy (non-hydrogen) atoms. The Morgan fingerprint density at radius 3 is 2.52 bits per heavy atom. The number of aromatic nitrogens is 4. The van der Waals surface area contributed by atoms with E-state index in [1.54, 1.807) is 25.2 Å². The van der Waals surface area contributed by atoms with Crippen LogP contribution in [-0.4, -0.2) is 25.2 Å². The Kier molecular flexibility index (Phi) is 4.87. The minimum atomic E-state index is -0.426. The summed E-state index contributed by atoms with van der Waals surface area (Å²) >= 11 is 12.1. The van der Waals surface area contributed by atoms with Gasteiger partial charge in [0.15, 0.2) is 11.2 Å². The second-order valence-electron chi connectivity index (χ2n) is 7.56. The number of imidazole rings is 1. The molecule has 2 aromatic heterocycles. The van der Waals surface area contributed by atoms with Crippen molar-refractivity contribution in [2.45, 2.75) is 19.5 Å². The smallest absolute Gasteiger partial charge is 0.312 e. The van der Waals surface area contributed by atoms with Crippen LogP contribution in [0.4, 0.5) is 11.6 Å². The first-order chi connectivity index (χ1) is 15.0. The molecule has 0 amide bonds. The Hall–Kier alpha value is -3.03. The molecule has 0 saturated heterocycles. The normalized spacial score (nSPS) is 13.6. The summed E-state index contributed by atoms with van der Waals surface area (Å²) in [5, 5.41) is 0.803. The third kappa shape index (κ3) is 3.25. The van der Waals surface area contributed by atoms with E-state index in [4.69, 9.17) is 28.2 Å². The second-order valence-corrected chi connectivity index (χ2v) is 8.37. The zero-order valence-corrected chi connectivity index (χ0v) is 18.3. The van der Waals surface area contributed by atoms with Crippen molar-refractivity contribution in [3.63, 3.8) is 0 Å². The second kappa shape index (κ2) is 7.59. The summed E-state index contributed by atoms with van der Waals surface area (Å²) in [6.45, 7) is 1.55. The van der Waals surface area contributed by atoms with E-state index in [0.29, 0.717) is 33.7 Å². The number of fused-ring (bicyclic) bond motifs is 3. The summed E-state index contributed by atoms with van der Waals surface area (Å²) in [6, 6.07) is 15.0. The molecule has 0 saturated carbocycles. The van der Waals surface area contributed by atoms with Crippen LogP contribution < -0.4 is 16.1 Å². The lowest BCUT2D eigenvalue weighted by atomic mass is 10.2. The lowest BCUT2D eigenvalue weighted by Crippen LogP contribution is -2.40. The van der Waals surface area contributed by atoms with Crippen molar-refractivity contribution in [2.75, 3.05) is 11.4 Å². The van der Waals surface area contributed by atoms with E-state index in [1.165, 1.54) is 9.13 Å². The summed E-state index contributed by atoms with van der Waals surface area (Å²) in [5.74, 6) is 0.673. The average Bonchev–Trinajstić information content (AvgIpc) is 3.18. The highest BCUT2D eigenvalue weighted by Crippen LogP contribution is 2.30. The van der Waals surface area contributed by atoms with E-state index in [9.17, 15) is 9.59 Å². The van der Waals surface area contributed by atoms with Crippen molar-refractivity contribution >= 4 is 46.0 Å². The summed E-state index contributed by atoms with van der Waals surface area (Å²) in [4.78, 5) is 33.3. The lowest BCUT2D eigenvalue weighted by Gasteiger charge is -2.28. The van der Waals surface area contributed by atoms with E-state index in [1.807, 2.05) is 34.9 Å². The van der Waals surface area contributed by atoms with E-state index < -0.39 is 5.69 Å². The van der Waals surface area contributed by atoms with Crippen LogP contribution in [-0.2, 0) is 20.1 Å². The molecule has 0 fully saturated rings. The van der Waals surface area contributed by atoms with Gasteiger partial charge in [-0.3, -0.25) is 13.9 Å². The molecule has 158 valence electrons. The number of anilines is 2. The van der Waals surface area contributed by atoms with Crippen molar-refractivity contribution in [3.05, 3.63) is 85.0 Å². The van der Waals surface area contributed by atoms with Gasteiger partial charge in [0.05, 0.1) is 16.6 Å². The molecule has 4 aromatic rings. The Labute approximate surface area is 187 Å². The summed E-state index contributed by atoms with van der Waals surface area (Å²) in [6.07, 6.45) is 0.864. The van der Waals surface area contributed by atoms with Gasteiger partial charge < -0.3 is 9.47 Å². The Balaban J connectivity index is 1.70. The van der Waals surface area contributed by atoms with E-state index >= 15 is 0 Å². The standard InChI is InChI=1S/C22H19Cl2N5O2/c1-26-19-18(20(30)29(22(26)31)13-14-8-9-16(23)17(24)12-14)28-11-5-10-27(21(28)25-19)15-6-3-2-4-7-15/h2-4,6-9,12H,5,10-11,13H2,1H3.